The van der Waals surface area contributed by atoms with E-state index in [9.17, 15) is 4.79 Å². The Balaban J connectivity index is 3.05. The minimum absolute atomic E-state index is 0.107. The second-order valence-electron chi connectivity index (χ2n) is 2.72. The first kappa shape index (κ1) is 10.5. The minimum atomic E-state index is -1.04. The minimum Gasteiger partial charge on any atom is -0.494 e. The van der Waals surface area contributed by atoms with Gasteiger partial charge in [0.2, 0.25) is 0 Å². The van der Waals surface area contributed by atoms with Crippen LogP contribution in [0.25, 0.3) is 0 Å². The van der Waals surface area contributed by atoms with Crippen molar-refractivity contribution in [3.63, 3.8) is 0 Å². The summed E-state index contributed by atoms with van der Waals surface area (Å²) in [5.74, 6) is -0.473. The van der Waals surface area contributed by atoms with E-state index in [0.717, 1.165) is 0 Å². The van der Waals surface area contributed by atoms with Crippen LogP contribution in [0.5, 0.6) is 5.75 Å². The van der Waals surface area contributed by atoms with Crippen LogP contribution in [0.2, 0.25) is 0 Å². The summed E-state index contributed by atoms with van der Waals surface area (Å²) in [5, 5.41) is 17.7. The van der Waals surface area contributed by atoms with Crippen molar-refractivity contribution in [1.29, 1.82) is 0 Å². The molecule has 76 valence electrons. The number of aromatic carboxylic acids is 1. The summed E-state index contributed by atoms with van der Waals surface area (Å²) < 4.78 is 5.18. The van der Waals surface area contributed by atoms with Gasteiger partial charge < -0.3 is 14.9 Å². The van der Waals surface area contributed by atoms with Gasteiger partial charge in [-0.2, -0.15) is 0 Å². The third-order valence-electron chi connectivity index (χ3n) is 1.79. The maximum absolute atomic E-state index is 10.7. The highest BCUT2D eigenvalue weighted by molar-refractivity contribution is 5.89. The molecule has 0 spiro atoms. The first-order valence-electron chi connectivity index (χ1n) is 4.29. The highest BCUT2D eigenvalue weighted by atomic mass is 16.5. The highest BCUT2D eigenvalue weighted by Gasteiger charge is 2.09. The number of hydrogen-bond donors (Lipinski definition) is 2. The van der Waals surface area contributed by atoms with Crippen LogP contribution in [-0.4, -0.2) is 22.8 Å². The predicted molar refractivity (Wildman–Crippen MR) is 50.5 cm³/mol. The van der Waals surface area contributed by atoms with Crippen molar-refractivity contribution in [2.45, 2.75) is 13.5 Å². The van der Waals surface area contributed by atoms with Crippen molar-refractivity contribution >= 4 is 5.97 Å². The fourth-order valence-corrected chi connectivity index (χ4v) is 1.17. The summed E-state index contributed by atoms with van der Waals surface area (Å²) in [6.45, 7) is 2.05. The molecule has 0 radical (unpaired) electrons. The standard InChI is InChI=1S/C10H12O4/c1-2-14-8-3-4-9(10(12)13)7(5-8)6-11/h3-5,11H,2,6H2,1H3,(H,12,13). The van der Waals surface area contributed by atoms with Crippen molar-refractivity contribution in [3.8, 4) is 5.75 Å². The molecule has 14 heavy (non-hydrogen) atoms. The van der Waals surface area contributed by atoms with E-state index in [1.54, 1.807) is 6.07 Å². The van der Waals surface area contributed by atoms with Crippen LogP contribution in [0.4, 0.5) is 0 Å². The molecule has 4 heteroatoms. The molecule has 0 unspecified atom stereocenters. The van der Waals surface area contributed by atoms with Gasteiger partial charge in [-0.05, 0) is 30.7 Å². The van der Waals surface area contributed by atoms with Gasteiger partial charge in [-0.3, -0.25) is 0 Å². The van der Waals surface area contributed by atoms with E-state index in [-0.39, 0.29) is 12.2 Å². The van der Waals surface area contributed by atoms with E-state index >= 15 is 0 Å². The van der Waals surface area contributed by atoms with E-state index < -0.39 is 5.97 Å². The lowest BCUT2D eigenvalue weighted by atomic mass is 10.1. The van der Waals surface area contributed by atoms with Crippen molar-refractivity contribution < 1.29 is 19.7 Å². The number of carboxylic acid groups (broad SMARTS) is 1. The number of carboxylic acids is 1. The second-order valence-corrected chi connectivity index (χ2v) is 2.72. The van der Waals surface area contributed by atoms with Crippen molar-refractivity contribution in [1.82, 2.24) is 0 Å². The molecule has 0 atom stereocenters. The van der Waals surface area contributed by atoms with Gasteiger partial charge in [0.1, 0.15) is 5.75 Å². The third kappa shape index (κ3) is 2.23. The summed E-state index contributed by atoms with van der Waals surface area (Å²) in [5.41, 5.74) is 0.472. The molecule has 0 amide bonds. The summed E-state index contributed by atoms with van der Waals surface area (Å²) in [7, 11) is 0. The zero-order chi connectivity index (χ0) is 10.6. The molecular formula is C10H12O4. The lowest BCUT2D eigenvalue weighted by Gasteiger charge is -2.07. The number of aliphatic hydroxyl groups is 1. The Labute approximate surface area is 81.8 Å². The maximum atomic E-state index is 10.7. The number of aliphatic hydroxyl groups excluding tert-OH is 1. The van der Waals surface area contributed by atoms with E-state index in [1.807, 2.05) is 6.92 Å². The van der Waals surface area contributed by atoms with Gasteiger partial charge in [-0.15, -0.1) is 0 Å². The molecule has 0 saturated heterocycles. The Kier molecular flexibility index (Phi) is 3.48. The van der Waals surface area contributed by atoms with Crippen LogP contribution in [0, 0.1) is 0 Å². The number of benzene rings is 1. The molecule has 1 aromatic rings. The lowest BCUT2D eigenvalue weighted by molar-refractivity contribution is 0.0693. The topological polar surface area (TPSA) is 66.8 Å². The summed E-state index contributed by atoms with van der Waals surface area (Å²) in [6.07, 6.45) is 0. The van der Waals surface area contributed by atoms with Gasteiger partial charge >= 0.3 is 5.97 Å². The molecule has 0 aliphatic rings. The van der Waals surface area contributed by atoms with Crippen molar-refractivity contribution in [2.75, 3.05) is 6.61 Å². The smallest absolute Gasteiger partial charge is 0.336 e. The molecule has 1 rings (SSSR count). The third-order valence-corrected chi connectivity index (χ3v) is 1.79. The number of hydrogen-bond acceptors (Lipinski definition) is 3. The molecule has 0 aliphatic heterocycles. The first-order chi connectivity index (χ1) is 6.69. The van der Waals surface area contributed by atoms with Crippen molar-refractivity contribution in [2.24, 2.45) is 0 Å². The molecular weight excluding hydrogens is 184 g/mol. The monoisotopic (exact) mass is 196 g/mol. The van der Waals surface area contributed by atoms with Crippen LogP contribution in [0.1, 0.15) is 22.8 Å². The predicted octanol–water partition coefficient (Wildman–Crippen LogP) is 1.28. The number of carbonyl (C=O) groups is 1. The molecule has 0 heterocycles. The summed E-state index contributed by atoms with van der Waals surface area (Å²) >= 11 is 0. The van der Waals surface area contributed by atoms with E-state index in [2.05, 4.69) is 0 Å². The molecule has 0 saturated carbocycles. The van der Waals surface area contributed by atoms with E-state index in [0.29, 0.717) is 17.9 Å². The zero-order valence-electron chi connectivity index (χ0n) is 7.86. The molecule has 0 fully saturated rings. The Morgan fingerprint density at radius 2 is 2.21 bits per heavy atom. The van der Waals surface area contributed by atoms with Crippen LogP contribution in [-0.2, 0) is 6.61 Å². The normalized spacial score (nSPS) is 9.86. The molecule has 0 bridgehead atoms. The molecule has 0 aromatic heterocycles. The maximum Gasteiger partial charge on any atom is 0.336 e. The average molecular weight is 196 g/mol. The average Bonchev–Trinajstić information content (AvgIpc) is 2.17. The van der Waals surface area contributed by atoms with Gasteiger partial charge in [-0.25, -0.2) is 4.79 Å². The lowest BCUT2D eigenvalue weighted by Crippen LogP contribution is -2.03. The van der Waals surface area contributed by atoms with Crippen LogP contribution < -0.4 is 4.74 Å². The summed E-state index contributed by atoms with van der Waals surface area (Å²) in [4.78, 5) is 10.7. The van der Waals surface area contributed by atoms with E-state index in [1.165, 1.54) is 12.1 Å². The Hall–Kier alpha value is -1.55. The van der Waals surface area contributed by atoms with Crippen molar-refractivity contribution in [3.05, 3.63) is 29.3 Å². The second kappa shape index (κ2) is 4.62. The van der Waals surface area contributed by atoms with E-state index in [4.69, 9.17) is 14.9 Å². The Morgan fingerprint density at radius 1 is 1.50 bits per heavy atom. The number of ether oxygens (including phenoxy) is 1. The largest absolute Gasteiger partial charge is 0.494 e. The highest BCUT2D eigenvalue weighted by Crippen LogP contribution is 2.18. The van der Waals surface area contributed by atoms with Gasteiger partial charge in [0, 0.05) is 0 Å². The van der Waals surface area contributed by atoms with Gasteiger partial charge in [0.05, 0.1) is 18.8 Å². The van der Waals surface area contributed by atoms with Gasteiger partial charge in [-0.1, -0.05) is 0 Å². The zero-order valence-corrected chi connectivity index (χ0v) is 7.86. The van der Waals surface area contributed by atoms with Gasteiger partial charge in [0.25, 0.3) is 0 Å². The Morgan fingerprint density at radius 3 is 2.71 bits per heavy atom. The molecule has 2 N–H and O–H groups in total. The van der Waals surface area contributed by atoms with Crippen LogP contribution in [0.15, 0.2) is 18.2 Å². The molecule has 0 aliphatic carbocycles. The van der Waals surface area contributed by atoms with Crippen LogP contribution >= 0.6 is 0 Å². The van der Waals surface area contributed by atoms with Crippen LogP contribution in [0.3, 0.4) is 0 Å². The fraction of sp³-hybridized carbons (Fsp3) is 0.300. The first-order valence-corrected chi connectivity index (χ1v) is 4.29. The molecule has 1 aromatic carbocycles. The van der Waals surface area contributed by atoms with Gasteiger partial charge in [0.15, 0.2) is 0 Å². The number of rotatable bonds is 4. The summed E-state index contributed by atoms with van der Waals surface area (Å²) in [6, 6.07) is 4.54. The SMILES string of the molecule is CCOc1ccc(C(=O)O)c(CO)c1. The molecule has 4 nitrogen and oxygen atoms in total. The Bertz CT molecular complexity index is 333. The quantitative estimate of drug-likeness (QED) is 0.761. The fourth-order valence-electron chi connectivity index (χ4n) is 1.17.